The smallest absolute Gasteiger partial charge is 0.307 e. The minimum atomic E-state index is -0.722. The molecule has 1 aromatic rings. The number of carboxylic acids is 1. The van der Waals surface area contributed by atoms with Gasteiger partial charge in [-0.25, -0.2) is 0 Å². The Labute approximate surface area is 120 Å². The molecule has 0 spiro atoms. The first kappa shape index (κ1) is 16.2. The molecule has 0 radical (unpaired) electrons. The summed E-state index contributed by atoms with van der Waals surface area (Å²) in [7, 11) is 0. The van der Waals surface area contributed by atoms with E-state index in [1.165, 1.54) is 9.75 Å². The van der Waals surface area contributed by atoms with Crippen LogP contribution in [0.4, 0.5) is 0 Å². The van der Waals surface area contributed by atoms with Crippen LogP contribution in [-0.4, -0.2) is 29.1 Å². The summed E-state index contributed by atoms with van der Waals surface area (Å²) in [5.74, 6) is -1.04. The molecule has 1 rings (SSSR count). The number of hydrogen-bond acceptors (Lipinski definition) is 3. The highest BCUT2D eigenvalue weighted by molar-refractivity contribution is 7.12. The van der Waals surface area contributed by atoms with Crippen LogP contribution in [0.15, 0.2) is 12.1 Å². The molecule has 4 heteroatoms. The monoisotopic (exact) mass is 283 g/mol. The van der Waals surface area contributed by atoms with Gasteiger partial charge >= 0.3 is 5.97 Å². The van der Waals surface area contributed by atoms with E-state index in [9.17, 15) is 4.79 Å². The van der Waals surface area contributed by atoms with Crippen molar-refractivity contribution in [1.82, 2.24) is 4.90 Å². The Balaban J connectivity index is 2.66. The number of thiophene rings is 1. The van der Waals surface area contributed by atoms with Crippen molar-refractivity contribution in [1.29, 1.82) is 0 Å². The summed E-state index contributed by atoms with van der Waals surface area (Å²) in [6, 6.07) is 4.35. The molecule has 0 aliphatic heterocycles. The molecule has 108 valence electrons. The Bertz CT molecular complexity index is 420. The Kier molecular flexibility index (Phi) is 5.56. The third kappa shape index (κ3) is 4.96. The zero-order chi connectivity index (χ0) is 14.6. The lowest BCUT2D eigenvalue weighted by Crippen LogP contribution is -2.31. The van der Waals surface area contributed by atoms with Gasteiger partial charge in [-0.3, -0.25) is 9.69 Å². The summed E-state index contributed by atoms with van der Waals surface area (Å²) in [6.45, 7) is 12.8. The lowest BCUT2D eigenvalue weighted by molar-refractivity contribution is -0.141. The van der Waals surface area contributed by atoms with E-state index in [-0.39, 0.29) is 11.3 Å². The molecule has 0 aromatic carbocycles. The average Bonchev–Trinajstić information content (AvgIpc) is 2.76. The molecule has 0 aliphatic carbocycles. The normalized spacial score (nSPS) is 13.8. The van der Waals surface area contributed by atoms with Crippen molar-refractivity contribution < 1.29 is 9.90 Å². The van der Waals surface area contributed by atoms with Crippen LogP contribution in [0, 0.1) is 5.92 Å². The first-order chi connectivity index (χ1) is 8.74. The van der Waals surface area contributed by atoms with Gasteiger partial charge in [-0.1, -0.05) is 34.6 Å². The van der Waals surface area contributed by atoms with Crippen molar-refractivity contribution in [2.75, 3.05) is 13.1 Å². The molecule has 1 N–H and O–H groups in total. The summed E-state index contributed by atoms with van der Waals surface area (Å²) >= 11 is 1.83. The lowest BCUT2D eigenvalue weighted by Gasteiger charge is -2.22. The van der Waals surface area contributed by atoms with Crippen LogP contribution in [0.3, 0.4) is 0 Å². The maximum absolute atomic E-state index is 10.9. The maximum Gasteiger partial charge on any atom is 0.307 e. The van der Waals surface area contributed by atoms with E-state index in [0.717, 1.165) is 13.1 Å². The van der Waals surface area contributed by atoms with Crippen LogP contribution < -0.4 is 0 Å². The van der Waals surface area contributed by atoms with Gasteiger partial charge in [0, 0.05) is 22.8 Å². The zero-order valence-electron chi connectivity index (χ0n) is 12.6. The zero-order valence-corrected chi connectivity index (χ0v) is 13.4. The standard InChI is InChI=1S/C15H25NO2S/c1-6-16(9-11(2)14(17)18)10-12-7-8-13(19-12)15(3,4)5/h7-8,11H,6,9-10H2,1-5H3,(H,17,18). The Morgan fingerprint density at radius 1 is 1.42 bits per heavy atom. The maximum atomic E-state index is 10.9. The van der Waals surface area contributed by atoms with Crippen molar-refractivity contribution in [3.05, 3.63) is 21.9 Å². The predicted molar refractivity (Wildman–Crippen MR) is 80.8 cm³/mol. The van der Waals surface area contributed by atoms with Crippen molar-refractivity contribution in [3.8, 4) is 0 Å². The molecule has 0 aliphatic rings. The molecule has 1 heterocycles. The van der Waals surface area contributed by atoms with Crippen molar-refractivity contribution in [2.24, 2.45) is 5.92 Å². The number of hydrogen-bond donors (Lipinski definition) is 1. The molecule has 0 saturated heterocycles. The summed E-state index contributed by atoms with van der Waals surface area (Å²) in [6.07, 6.45) is 0. The highest BCUT2D eigenvalue weighted by Gasteiger charge is 2.18. The second kappa shape index (κ2) is 6.53. The van der Waals surface area contributed by atoms with Crippen LogP contribution in [0.25, 0.3) is 0 Å². The predicted octanol–water partition coefficient (Wildman–Crippen LogP) is 3.59. The van der Waals surface area contributed by atoms with Gasteiger partial charge in [0.15, 0.2) is 0 Å². The number of carboxylic acid groups (broad SMARTS) is 1. The average molecular weight is 283 g/mol. The van der Waals surface area contributed by atoms with Gasteiger partial charge in [-0.15, -0.1) is 11.3 Å². The van der Waals surface area contributed by atoms with Crippen molar-refractivity contribution in [2.45, 2.75) is 46.6 Å². The summed E-state index contributed by atoms with van der Waals surface area (Å²) in [5, 5.41) is 8.98. The minimum absolute atomic E-state index is 0.189. The van der Waals surface area contributed by atoms with E-state index < -0.39 is 5.97 Å². The van der Waals surface area contributed by atoms with E-state index in [0.29, 0.717) is 6.54 Å². The Morgan fingerprint density at radius 2 is 2.05 bits per heavy atom. The van der Waals surface area contributed by atoms with Gasteiger partial charge in [-0.2, -0.15) is 0 Å². The van der Waals surface area contributed by atoms with Crippen LogP contribution in [-0.2, 0) is 16.8 Å². The van der Waals surface area contributed by atoms with Gasteiger partial charge in [0.25, 0.3) is 0 Å². The Morgan fingerprint density at radius 3 is 2.47 bits per heavy atom. The molecule has 0 fully saturated rings. The fourth-order valence-corrected chi connectivity index (χ4v) is 2.97. The SMILES string of the molecule is CCN(Cc1ccc(C(C)(C)C)s1)CC(C)C(=O)O. The highest BCUT2D eigenvalue weighted by Crippen LogP contribution is 2.30. The van der Waals surface area contributed by atoms with E-state index in [2.05, 4.69) is 44.7 Å². The number of carbonyl (C=O) groups is 1. The molecule has 0 amide bonds. The molecule has 1 unspecified atom stereocenters. The van der Waals surface area contributed by atoms with Crippen LogP contribution in [0.2, 0.25) is 0 Å². The van der Waals surface area contributed by atoms with E-state index >= 15 is 0 Å². The number of nitrogens with zero attached hydrogens (tertiary/aromatic N) is 1. The summed E-state index contributed by atoms with van der Waals surface area (Å²) in [5.41, 5.74) is 0.189. The number of aliphatic carboxylic acids is 1. The molecular weight excluding hydrogens is 258 g/mol. The third-order valence-corrected chi connectivity index (χ3v) is 4.68. The molecule has 1 atom stereocenters. The van der Waals surface area contributed by atoms with Gasteiger partial charge in [0.1, 0.15) is 0 Å². The van der Waals surface area contributed by atoms with Gasteiger partial charge < -0.3 is 5.11 Å². The summed E-state index contributed by atoms with van der Waals surface area (Å²) in [4.78, 5) is 15.8. The third-order valence-electron chi connectivity index (χ3n) is 3.18. The van der Waals surface area contributed by atoms with Gasteiger partial charge in [-0.05, 0) is 24.1 Å². The molecule has 3 nitrogen and oxygen atoms in total. The van der Waals surface area contributed by atoms with Crippen molar-refractivity contribution in [3.63, 3.8) is 0 Å². The fourth-order valence-electron chi connectivity index (χ4n) is 1.86. The molecule has 1 aromatic heterocycles. The largest absolute Gasteiger partial charge is 0.481 e. The lowest BCUT2D eigenvalue weighted by atomic mass is 9.95. The van der Waals surface area contributed by atoms with Crippen LogP contribution in [0.1, 0.15) is 44.4 Å². The first-order valence-electron chi connectivity index (χ1n) is 6.78. The second-order valence-electron chi connectivity index (χ2n) is 6.08. The second-order valence-corrected chi connectivity index (χ2v) is 7.25. The quantitative estimate of drug-likeness (QED) is 0.867. The van der Waals surface area contributed by atoms with Gasteiger partial charge in [0.05, 0.1) is 5.92 Å². The van der Waals surface area contributed by atoms with E-state index in [4.69, 9.17) is 5.11 Å². The molecular formula is C15H25NO2S. The van der Waals surface area contributed by atoms with Crippen molar-refractivity contribution >= 4 is 17.3 Å². The minimum Gasteiger partial charge on any atom is -0.481 e. The summed E-state index contributed by atoms with van der Waals surface area (Å²) < 4.78 is 0. The van der Waals surface area contributed by atoms with E-state index in [1.807, 2.05) is 11.3 Å². The topological polar surface area (TPSA) is 40.5 Å². The molecule has 19 heavy (non-hydrogen) atoms. The first-order valence-corrected chi connectivity index (χ1v) is 7.60. The van der Waals surface area contributed by atoms with Gasteiger partial charge in [0.2, 0.25) is 0 Å². The fraction of sp³-hybridized carbons (Fsp3) is 0.667. The van der Waals surface area contributed by atoms with Crippen LogP contribution >= 0.6 is 11.3 Å². The van der Waals surface area contributed by atoms with Crippen LogP contribution in [0.5, 0.6) is 0 Å². The highest BCUT2D eigenvalue weighted by atomic mass is 32.1. The molecule has 0 saturated carbocycles. The number of rotatable bonds is 6. The Hall–Kier alpha value is -0.870. The van der Waals surface area contributed by atoms with E-state index in [1.54, 1.807) is 6.92 Å². The molecule has 0 bridgehead atoms.